The zero-order chi connectivity index (χ0) is 28.1. The maximum absolute atomic E-state index is 13.5. The van der Waals surface area contributed by atoms with Crippen molar-refractivity contribution >= 4 is 53.0 Å². The van der Waals surface area contributed by atoms with Crippen molar-refractivity contribution in [3.05, 3.63) is 41.0 Å². The van der Waals surface area contributed by atoms with Crippen LogP contribution in [0.15, 0.2) is 24.3 Å². The van der Waals surface area contributed by atoms with Crippen molar-refractivity contribution in [2.24, 2.45) is 5.92 Å². The van der Waals surface area contributed by atoms with Gasteiger partial charge in [-0.05, 0) is 24.1 Å². The van der Waals surface area contributed by atoms with Crippen LogP contribution in [-0.2, 0) is 6.42 Å². The molecule has 0 saturated heterocycles. The number of nitrogens with zero attached hydrogens (tertiary/aromatic N) is 1. The number of Topliss-reactive ketones (excluding diaryl/α,β-unsaturated/α-hetero) is 1. The smallest absolute Gasteiger partial charge is 0.178 e. The molecule has 40 heavy (non-hydrogen) atoms. The highest BCUT2D eigenvalue weighted by Crippen LogP contribution is 2.49. The number of alkyl halides is 3. The standard InChI is InChI=1S/C23H24O6.C6H12Cl3N.ClH/c1-11(2)16-8-14-15(28-16)6-5-12-22(24)21-13-7-18(25-3)19(26-4)9-17(13)27-10-20(21)29-23(12)14;7-1-4-10(5-2-8)6-3-9;/h5-7,9,11,16,20-21H,8,10H2,1-4H3;1-6H2;1H. The van der Waals surface area contributed by atoms with E-state index in [0.29, 0.717) is 58.7 Å². The van der Waals surface area contributed by atoms with Gasteiger partial charge >= 0.3 is 0 Å². The summed E-state index contributed by atoms with van der Waals surface area (Å²) in [5, 5.41) is 0. The average Bonchev–Trinajstić information content (AvgIpc) is 3.38. The summed E-state index contributed by atoms with van der Waals surface area (Å²) in [6.45, 7) is 7.21. The van der Waals surface area contributed by atoms with Gasteiger partial charge in [0, 0.05) is 60.9 Å². The summed E-state index contributed by atoms with van der Waals surface area (Å²) in [5.74, 6) is 5.18. The minimum Gasteiger partial charge on any atom is -0.493 e. The number of carbonyl (C=O) groups is 1. The maximum atomic E-state index is 13.5. The molecule has 0 aromatic heterocycles. The second-order valence-electron chi connectivity index (χ2n) is 9.99. The molecule has 0 fully saturated rings. The van der Waals surface area contributed by atoms with E-state index in [1.54, 1.807) is 20.3 Å². The van der Waals surface area contributed by atoms with Gasteiger partial charge in [0.05, 0.1) is 25.7 Å². The van der Waals surface area contributed by atoms with Crippen LogP contribution >= 0.6 is 47.2 Å². The Morgan fingerprint density at radius 3 is 2.15 bits per heavy atom. The number of hydrogen-bond donors (Lipinski definition) is 0. The number of hydrogen-bond acceptors (Lipinski definition) is 7. The lowest BCUT2D eigenvalue weighted by Gasteiger charge is -2.37. The summed E-state index contributed by atoms with van der Waals surface area (Å²) < 4.78 is 29.2. The number of methoxy groups -OCH3 is 2. The van der Waals surface area contributed by atoms with E-state index in [9.17, 15) is 4.79 Å². The molecule has 0 radical (unpaired) electrons. The summed E-state index contributed by atoms with van der Waals surface area (Å²) in [4.78, 5) is 15.7. The fraction of sp³-hybridized carbons (Fsp3) is 0.552. The first-order valence-electron chi connectivity index (χ1n) is 13.2. The molecule has 0 spiro atoms. The fourth-order valence-electron chi connectivity index (χ4n) is 5.16. The van der Waals surface area contributed by atoms with Gasteiger partial charge < -0.3 is 23.7 Å². The molecule has 3 atom stereocenters. The summed E-state index contributed by atoms with van der Waals surface area (Å²) in [6.07, 6.45) is 0.474. The maximum Gasteiger partial charge on any atom is 0.178 e. The van der Waals surface area contributed by atoms with Crippen LogP contribution in [-0.4, -0.2) is 81.0 Å². The first-order chi connectivity index (χ1) is 18.9. The van der Waals surface area contributed by atoms with E-state index in [2.05, 4.69) is 18.7 Å². The van der Waals surface area contributed by atoms with Crippen LogP contribution in [0.3, 0.4) is 0 Å². The molecule has 5 rings (SSSR count). The Labute approximate surface area is 257 Å². The number of ketones is 1. The third-order valence-electron chi connectivity index (χ3n) is 7.29. The van der Waals surface area contributed by atoms with Gasteiger partial charge in [-0.3, -0.25) is 9.69 Å². The van der Waals surface area contributed by atoms with Crippen LogP contribution in [0.25, 0.3) is 0 Å². The normalized spacial score (nSPS) is 19.9. The number of fused-ring (bicyclic) bond motifs is 6. The molecular weight excluding hydrogens is 600 g/mol. The van der Waals surface area contributed by atoms with E-state index in [4.69, 9.17) is 58.5 Å². The molecule has 11 heteroatoms. The summed E-state index contributed by atoms with van der Waals surface area (Å²) in [5.41, 5.74) is 2.37. The highest BCUT2D eigenvalue weighted by molar-refractivity contribution is 6.18. The van der Waals surface area contributed by atoms with Crippen LogP contribution in [0, 0.1) is 5.92 Å². The van der Waals surface area contributed by atoms with Crippen molar-refractivity contribution in [1.29, 1.82) is 0 Å². The Kier molecular flexibility index (Phi) is 12.2. The zero-order valence-electron chi connectivity index (χ0n) is 23.2. The molecule has 0 amide bonds. The second kappa shape index (κ2) is 14.9. The predicted molar refractivity (Wildman–Crippen MR) is 162 cm³/mol. The SMILES string of the molecule is COc1cc2c(cc1OC)C1C(=O)c3ccc4c(c3OC1CO2)CC(C(C)C)O4.Cl.ClCCN(CCCl)CCCl. The molecule has 0 aliphatic carbocycles. The van der Waals surface area contributed by atoms with Gasteiger partial charge in [0.2, 0.25) is 0 Å². The van der Waals surface area contributed by atoms with Gasteiger partial charge in [0.15, 0.2) is 17.3 Å². The summed E-state index contributed by atoms with van der Waals surface area (Å²) in [7, 11) is 3.16. The van der Waals surface area contributed by atoms with Crippen molar-refractivity contribution in [1.82, 2.24) is 4.90 Å². The van der Waals surface area contributed by atoms with Crippen LogP contribution in [0.1, 0.15) is 41.3 Å². The number of ether oxygens (including phenoxy) is 5. The van der Waals surface area contributed by atoms with Crippen molar-refractivity contribution < 1.29 is 28.5 Å². The summed E-state index contributed by atoms with van der Waals surface area (Å²) >= 11 is 16.6. The fourth-order valence-corrected chi connectivity index (χ4v) is 5.87. The number of carbonyl (C=O) groups excluding carboxylic acids is 1. The van der Waals surface area contributed by atoms with E-state index in [-0.39, 0.29) is 30.4 Å². The minimum atomic E-state index is -0.438. The van der Waals surface area contributed by atoms with Gasteiger partial charge in [-0.25, -0.2) is 0 Å². The molecule has 3 aliphatic rings. The summed E-state index contributed by atoms with van der Waals surface area (Å²) in [6, 6.07) is 7.32. The molecule has 2 aromatic carbocycles. The third kappa shape index (κ3) is 6.81. The van der Waals surface area contributed by atoms with Crippen LogP contribution in [0.4, 0.5) is 0 Å². The van der Waals surface area contributed by atoms with Gasteiger partial charge in [-0.2, -0.15) is 0 Å². The highest BCUT2D eigenvalue weighted by Gasteiger charge is 2.45. The van der Waals surface area contributed by atoms with Gasteiger partial charge in [-0.1, -0.05) is 13.8 Å². The first-order valence-corrected chi connectivity index (χ1v) is 14.8. The Hall–Kier alpha value is -1.77. The predicted octanol–water partition coefficient (Wildman–Crippen LogP) is 6.21. The van der Waals surface area contributed by atoms with E-state index in [0.717, 1.165) is 42.9 Å². The average molecular weight is 637 g/mol. The lowest BCUT2D eigenvalue weighted by molar-refractivity contribution is 0.0554. The number of benzene rings is 2. The Morgan fingerprint density at radius 2 is 1.57 bits per heavy atom. The van der Waals surface area contributed by atoms with Crippen molar-refractivity contribution in [3.8, 4) is 28.7 Å². The zero-order valence-corrected chi connectivity index (χ0v) is 26.3. The van der Waals surface area contributed by atoms with Crippen LogP contribution in [0.5, 0.6) is 28.7 Å². The van der Waals surface area contributed by atoms with Crippen molar-refractivity contribution in [2.45, 2.75) is 38.4 Å². The lowest BCUT2D eigenvalue weighted by Crippen LogP contribution is -2.43. The topological polar surface area (TPSA) is 66.5 Å². The molecule has 0 saturated carbocycles. The van der Waals surface area contributed by atoms with Gasteiger partial charge in [-0.15, -0.1) is 47.2 Å². The van der Waals surface area contributed by atoms with Crippen LogP contribution in [0.2, 0.25) is 0 Å². The largest absolute Gasteiger partial charge is 0.493 e. The lowest BCUT2D eigenvalue weighted by atomic mass is 9.81. The molecule has 3 aliphatic heterocycles. The number of rotatable bonds is 9. The molecular formula is C29H37Cl4NO6. The molecule has 2 aromatic rings. The van der Waals surface area contributed by atoms with Gasteiger partial charge in [0.25, 0.3) is 0 Å². The third-order valence-corrected chi connectivity index (χ3v) is 7.80. The highest BCUT2D eigenvalue weighted by atomic mass is 35.5. The first kappa shape index (κ1) is 32.7. The molecule has 7 nitrogen and oxygen atoms in total. The molecule has 3 heterocycles. The van der Waals surface area contributed by atoms with Crippen LogP contribution < -0.4 is 23.7 Å². The van der Waals surface area contributed by atoms with E-state index in [1.807, 2.05) is 18.2 Å². The monoisotopic (exact) mass is 635 g/mol. The van der Waals surface area contributed by atoms with Gasteiger partial charge in [0.1, 0.15) is 36.1 Å². The van der Waals surface area contributed by atoms with E-state index in [1.165, 1.54) is 0 Å². The van der Waals surface area contributed by atoms with E-state index < -0.39 is 5.92 Å². The van der Waals surface area contributed by atoms with E-state index >= 15 is 0 Å². The molecule has 0 N–H and O–H groups in total. The quantitative estimate of drug-likeness (QED) is 0.303. The number of halogens is 4. The molecule has 3 unspecified atom stereocenters. The molecule has 0 bridgehead atoms. The Morgan fingerprint density at radius 1 is 0.950 bits per heavy atom. The van der Waals surface area contributed by atoms with Crippen molar-refractivity contribution in [2.75, 3.05) is 58.1 Å². The Bertz CT molecular complexity index is 1150. The minimum absolute atomic E-state index is 0. The van der Waals surface area contributed by atoms with Crippen molar-refractivity contribution in [3.63, 3.8) is 0 Å². The second-order valence-corrected chi connectivity index (χ2v) is 11.1. The Balaban J connectivity index is 0.000000346. The molecule has 222 valence electrons.